The van der Waals surface area contributed by atoms with Gasteiger partial charge in [0.05, 0.1) is 10.6 Å². The fourth-order valence-corrected chi connectivity index (χ4v) is 3.11. The van der Waals surface area contributed by atoms with Crippen LogP contribution in [0.25, 0.3) is 0 Å². The average molecular weight is 466 g/mol. The molecule has 1 unspecified atom stereocenters. The predicted octanol–water partition coefficient (Wildman–Crippen LogP) is 5.96. The highest BCUT2D eigenvalue weighted by atomic mass is 35.5. The van der Waals surface area contributed by atoms with Crippen molar-refractivity contribution in [1.82, 2.24) is 4.90 Å². The molecule has 2 rings (SSSR count). The van der Waals surface area contributed by atoms with Crippen LogP contribution in [0.15, 0.2) is 47.1 Å². The standard InChI is InChI=1S/C22H28ClN3O6/c1-21(2,3)31-19(27)25(20(28)32-22(4,5)6)17-12-11-14(13-15(17)23)24-16-9-7-8-10-18(16)26(29)30/h7-12,14,24H,13H2,1-6H3. The van der Waals surface area contributed by atoms with E-state index in [4.69, 9.17) is 21.1 Å². The number of nitro benzene ring substituents is 1. The number of nitrogens with one attached hydrogen (secondary N) is 1. The highest BCUT2D eigenvalue weighted by Crippen LogP contribution is 2.31. The van der Waals surface area contributed by atoms with Gasteiger partial charge in [-0.2, -0.15) is 4.90 Å². The van der Waals surface area contributed by atoms with Crippen LogP contribution in [0.2, 0.25) is 0 Å². The first-order chi connectivity index (χ1) is 14.7. The van der Waals surface area contributed by atoms with E-state index in [9.17, 15) is 19.7 Å². The SMILES string of the molecule is CC(C)(C)OC(=O)N(C(=O)OC(C)(C)C)C1=C(Cl)CC(Nc2ccccc2[N+](=O)[O-])C=C1. The first-order valence-corrected chi connectivity index (χ1v) is 10.4. The lowest BCUT2D eigenvalue weighted by atomic mass is 10.1. The lowest BCUT2D eigenvalue weighted by molar-refractivity contribution is -0.384. The van der Waals surface area contributed by atoms with Gasteiger partial charge in [0.1, 0.15) is 16.9 Å². The molecule has 1 aliphatic carbocycles. The van der Waals surface area contributed by atoms with Crippen LogP contribution >= 0.6 is 11.6 Å². The fraction of sp³-hybridized carbons (Fsp3) is 0.455. The number of anilines is 1. The van der Waals surface area contributed by atoms with E-state index in [-0.39, 0.29) is 22.8 Å². The third kappa shape index (κ3) is 6.98. The lowest BCUT2D eigenvalue weighted by Crippen LogP contribution is -2.43. The molecule has 0 saturated heterocycles. The van der Waals surface area contributed by atoms with Crippen molar-refractivity contribution in [3.05, 3.63) is 57.3 Å². The van der Waals surface area contributed by atoms with Gasteiger partial charge in [-0.25, -0.2) is 9.59 Å². The smallest absolute Gasteiger partial charge is 0.424 e. The van der Waals surface area contributed by atoms with Crippen LogP contribution < -0.4 is 5.32 Å². The quantitative estimate of drug-likeness (QED) is 0.431. The molecule has 0 aromatic heterocycles. The largest absolute Gasteiger partial charge is 0.443 e. The summed E-state index contributed by atoms with van der Waals surface area (Å²) in [4.78, 5) is 37.1. The third-order valence-electron chi connectivity index (χ3n) is 4.00. The van der Waals surface area contributed by atoms with Gasteiger partial charge in [0.2, 0.25) is 0 Å². The maximum atomic E-state index is 12.8. The number of rotatable bonds is 4. The van der Waals surface area contributed by atoms with Crippen molar-refractivity contribution in [2.24, 2.45) is 0 Å². The van der Waals surface area contributed by atoms with Crippen molar-refractivity contribution >= 4 is 35.2 Å². The highest BCUT2D eigenvalue weighted by Gasteiger charge is 2.35. The van der Waals surface area contributed by atoms with Gasteiger partial charge in [0, 0.05) is 23.6 Å². The Balaban J connectivity index is 2.30. The van der Waals surface area contributed by atoms with Crippen molar-refractivity contribution in [2.45, 2.75) is 65.2 Å². The van der Waals surface area contributed by atoms with Crippen LogP contribution in [0.4, 0.5) is 21.0 Å². The average Bonchev–Trinajstić information content (AvgIpc) is 2.61. The van der Waals surface area contributed by atoms with Gasteiger partial charge in [-0.05, 0) is 53.7 Å². The van der Waals surface area contributed by atoms with Gasteiger partial charge in [-0.1, -0.05) is 29.8 Å². The second-order valence-corrected chi connectivity index (χ2v) is 9.63. The second kappa shape index (κ2) is 9.60. The maximum absolute atomic E-state index is 12.8. The van der Waals surface area contributed by atoms with E-state index in [1.165, 1.54) is 12.1 Å². The Bertz CT molecular complexity index is 931. The zero-order chi connectivity index (χ0) is 24.3. The Morgan fingerprint density at radius 2 is 1.62 bits per heavy atom. The number of nitrogens with zero attached hydrogens (tertiary/aromatic N) is 2. The summed E-state index contributed by atoms with van der Waals surface area (Å²) in [7, 11) is 0. The zero-order valence-corrected chi connectivity index (χ0v) is 19.7. The predicted molar refractivity (Wildman–Crippen MR) is 121 cm³/mol. The highest BCUT2D eigenvalue weighted by molar-refractivity contribution is 6.30. The molecule has 1 aromatic rings. The molecule has 0 heterocycles. The molecule has 32 heavy (non-hydrogen) atoms. The molecule has 1 aromatic carbocycles. The monoisotopic (exact) mass is 465 g/mol. The van der Waals surface area contributed by atoms with Gasteiger partial charge in [0.25, 0.3) is 5.69 Å². The maximum Gasteiger partial charge on any atom is 0.424 e. The van der Waals surface area contributed by atoms with Crippen LogP contribution in [0.5, 0.6) is 0 Å². The van der Waals surface area contributed by atoms with Gasteiger partial charge in [-0.3, -0.25) is 10.1 Å². The van der Waals surface area contributed by atoms with Gasteiger partial charge >= 0.3 is 12.2 Å². The first-order valence-electron chi connectivity index (χ1n) is 10.0. The summed E-state index contributed by atoms with van der Waals surface area (Å²) in [5.74, 6) is 0. The van der Waals surface area contributed by atoms with Gasteiger partial charge < -0.3 is 14.8 Å². The molecule has 174 valence electrons. The number of hydrogen-bond donors (Lipinski definition) is 1. The van der Waals surface area contributed by atoms with Crippen molar-refractivity contribution in [3.63, 3.8) is 0 Å². The van der Waals surface area contributed by atoms with Crippen molar-refractivity contribution < 1.29 is 24.0 Å². The number of nitro groups is 1. The molecule has 9 nitrogen and oxygen atoms in total. The topological polar surface area (TPSA) is 111 Å². The zero-order valence-electron chi connectivity index (χ0n) is 19.0. The lowest BCUT2D eigenvalue weighted by Gasteiger charge is -2.31. The number of amides is 2. The van der Waals surface area contributed by atoms with Gasteiger partial charge in [-0.15, -0.1) is 0 Å². The van der Waals surface area contributed by atoms with E-state index in [1.807, 2.05) is 0 Å². The Labute approximate surface area is 192 Å². The van der Waals surface area contributed by atoms with E-state index >= 15 is 0 Å². The molecular formula is C22H28ClN3O6. The molecule has 1 aliphatic rings. The molecule has 0 bridgehead atoms. The summed E-state index contributed by atoms with van der Waals surface area (Å²) in [6, 6.07) is 5.84. The molecule has 1 atom stereocenters. The molecule has 0 aliphatic heterocycles. The molecule has 10 heteroatoms. The van der Waals surface area contributed by atoms with Gasteiger partial charge in [0.15, 0.2) is 0 Å². The number of carbonyl (C=O) groups is 2. The van der Waals surface area contributed by atoms with Crippen LogP contribution in [0.1, 0.15) is 48.0 Å². The Morgan fingerprint density at radius 1 is 1.09 bits per heavy atom. The first kappa shape index (κ1) is 25.2. The molecule has 0 fully saturated rings. The minimum atomic E-state index is -0.922. The number of allylic oxidation sites excluding steroid dienone is 1. The Morgan fingerprint density at radius 3 is 2.09 bits per heavy atom. The number of halogens is 1. The van der Waals surface area contributed by atoms with E-state index in [0.29, 0.717) is 5.69 Å². The number of ether oxygens (including phenoxy) is 2. The second-order valence-electron chi connectivity index (χ2n) is 9.17. The van der Waals surface area contributed by atoms with E-state index in [0.717, 1.165) is 4.90 Å². The van der Waals surface area contributed by atoms with Crippen LogP contribution in [-0.4, -0.2) is 39.3 Å². The summed E-state index contributed by atoms with van der Waals surface area (Å²) in [6.45, 7) is 10.1. The summed E-state index contributed by atoms with van der Waals surface area (Å²) in [6.07, 6.45) is 1.50. The normalized spacial score (nSPS) is 16.4. The number of imide groups is 1. The minimum absolute atomic E-state index is 0.0732. The summed E-state index contributed by atoms with van der Waals surface area (Å²) < 4.78 is 10.7. The number of carbonyl (C=O) groups excluding carboxylic acids is 2. The molecular weight excluding hydrogens is 438 g/mol. The molecule has 1 N–H and O–H groups in total. The summed E-state index contributed by atoms with van der Waals surface area (Å²) in [5, 5.41) is 14.5. The van der Waals surface area contributed by atoms with Crippen LogP contribution in [0.3, 0.4) is 0 Å². The number of para-hydroxylation sites is 2. The van der Waals surface area contributed by atoms with E-state index < -0.39 is 34.4 Å². The van der Waals surface area contributed by atoms with Crippen LogP contribution in [0, 0.1) is 10.1 Å². The Hall–Kier alpha value is -3.07. The van der Waals surface area contributed by atoms with Crippen molar-refractivity contribution in [1.29, 1.82) is 0 Å². The summed E-state index contributed by atoms with van der Waals surface area (Å²) in [5.41, 5.74) is -1.32. The van der Waals surface area contributed by atoms with Crippen LogP contribution in [-0.2, 0) is 9.47 Å². The molecule has 0 saturated carbocycles. The summed E-state index contributed by atoms with van der Waals surface area (Å²) >= 11 is 6.47. The fourth-order valence-electron chi connectivity index (χ4n) is 2.80. The minimum Gasteiger partial charge on any atom is -0.443 e. The van der Waals surface area contributed by atoms with Crippen molar-refractivity contribution in [3.8, 4) is 0 Å². The molecule has 0 radical (unpaired) electrons. The third-order valence-corrected chi connectivity index (χ3v) is 4.35. The Kier molecular flexibility index (Phi) is 7.56. The molecule has 2 amide bonds. The number of hydrogen-bond acceptors (Lipinski definition) is 7. The van der Waals surface area contributed by atoms with E-state index in [2.05, 4.69) is 5.32 Å². The number of benzene rings is 1. The molecule has 0 spiro atoms. The van der Waals surface area contributed by atoms with E-state index in [1.54, 1.807) is 65.8 Å². The van der Waals surface area contributed by atoms with Crippen molar-refractivity contribution in [2.75, 3.05) is 5.32 Å².